The van der Waals surface area contributed by atoms with Gasteiger partial charge in [-0.3, -0.25) is 4.99 Å². The van der Waals surface area contributed by atoms with Crippen LogP contribution in [0.3, 0.4) is 0 Å². The van der Waals surface area contributed by atoms with Gasteiger partial charge in [-0.2, -0.15) is 0 Å². The van der Waals surface area contributed by atoms with Crippen LogP contribution in [0.4, 0.5) is 0 Å². The number of likely N-dealkylation sites (N-methyl/N-ethyl adjacent to an activating group) is 1. The molecule has 1 N–H and O–H groups in total. The normalized spacial score (nSPS) is 16.9. The highest BCUT2D eigenvalue weighted by Crippen LogP contribution is 2.28. The molecule has 3 rings (SSSR count). The lowest BCUT2D eigenvalue weighted by Gasteiger charge is -2.22. The van der Waals surface area contributed by atoms with E-state index in [0.717, 1.165) is 76.4 Å². The molecule has 1 aliphatic carbocycles. The van der Waals surface area contributed by atoms with Crippen molar-refractivity contribution in [3.63, 3.8) is 0 Å². The number of hydrogen-bond donors (Lipinski definition) is 1. The topological polar surface area (TPSA) is 67.6 Å². The number of aromatic nitrogens is 3. The molecule has 0 spiro atoms. The molecule has 0 saturated heterocycles. The molecule has 1 aliphatic heterocycles. The number of hydrogen-bond acceptors (Lipinski definition) is 4. The van der Waals surface area contributed by atoms with E-state index in [-0.39, 0.29) is 24.0 Å². The fraction of sp³-hybridized carbons (Fsp3) is 0.850. The highest BCUT2D eigenvalue weighted by Gasteiger charge is 2.21. The van der Waals surface area contributed by atoms with Crippen LogP contribution in [0, 0.1) is 5.92 Å². The average Bonchev–Trinajstić information content (AvgIpc) is 3.46. The molecule has 2 aliphatic rings. The summed E-state index contributed by atoms with van der Waals surface area (Å²) in [6.07, 6.45) is 9.49. The summed E-state index contributed by atoms with van der Waals surface area (Å²) in [5, 5.41) is 12.2. The first kappa shape index (κ1) is 23.4. The summed E-state index contributed by atoms with van der Waals surface area (Å²) in [4.78, 5) is 6.95. The standard InChI is InChI=1S/C20H36N6O.HI/c1-3-21-20(25(2)14-15-27-16-17-10-11-17)22-12-7-9-19-24-23-18-8-5-4-6-13-26(18)19;/h17H,3-16H2,1-2H3,(H,21,22);1H. The summed E-state index contributed by atoms with van der Waals surface area (Å²) in [6, 6.07) is 0. The second kappa shape index (κ2) is 12.6. The number of halogens is 1. The molecule has 0 aromatic carbocycles. The number of ether oxygens (including phenoxy) is 1. The van der Waals surface area contributed by atoms with E-state index < -0.39 is 0 Å². The Labute approximate surface area is 186 Å². The first-order valence-corrected chi connectivity index (χ1v) is 10.8. The zero-order chi connectivity index (χ0) is 18.9. The van der Waals surface area contributed by atoms with Crippen LogP contribution in [-0.2, 0) is 24.1 Å². The maximum absolute atomic E-state index is 5.75. The van der Waals surface area contributed by atoms with Gasteiger partial charge in [0.15, 0.2) is 5.96 Å². The highest BCUT2D eigenvalue weighted by molar-refractivity contribution is 14.0. The molecule has 8 heteroatoms. The summed E-state index contributed by atoms with van der Waals surface area (Å²) >= 11 is 0. The maximum Gasteiger partial charge on any atom is 0.193 e. The van der Waals surface area contributed by atoms with E-state index in [2.05, 4.69) is 39.0 Å². The number of fused-ring (bicyclic) bond motifs is 1. The molecular weight excluding hydrogens is 467 g/mol. The first-order valence-electron chi connectivity index (χ1n) is 10.8. The number of nitrogens with zero attached hydrogens (tertiary/aromatic N) is 5. The lowest BCUT2D eigenvalue weighted by molar-refractivity contribution is 0.115. The maximum atomic E-state index is 5.75. The number of rotatable bonds is 10. The van der Waals surface area contributed by atoms with E-state index >= 15 is 0 Å². The zero-order valence-electron chi connectivity index (χ0n) is 17.5. The molecule has 7 nitrogen and oxygen atoms in total. The molecule has 28 heavy (non-hydrogen) atoms. The monoisotopic (exact) mass is 504 g/mol. The number of aliphatic imine (C=N–C) groups is 1. The minimum atomic E-state index is 0. The van der Waals surface area contributed by atoms with E-state index in [0.29, 0.717) is 0 Å². The van der Waals surface area contributed by atoms with Crippen molar-refractivity contribution in [3.8, 4) is 0 Å². The molecule has 0 atom stereocenters. The fourth-order valence-electron chi connectivity index (χ4n) is 3.46. The largest absolute Gasteiger partial charge is 0.379 e. The van der Waals surface area contributed by atoms with Gasteiger partial charge in [0.1, 0.15) is 11.6 Å². The number of aryl methyl sites for hydroxylation is 2. The molecule has 0 amide bonds. The third kappa shape index (κ3) is 7.50. The molecule has 1 aromatic rings. The van der Waals surface area contributed by atoms with Crippen LogP contribution in [0.1, 0.15) is 57.1 Å². The Morgan fingerprint density at radius 2 is 2.14 bits per heavy atom. The summed E-state index contributed by atoms with van der Waals surface area (Å²) in [5.41, 5.74) is 0. The first-order chi connectivity index (χ1) is 13.3. The van der Waals surface area contributed by atoms with Crippen molar-refractivity contribution < 1.29 is 4.74 Å². The molecule has 2 heterocycles. The van der Waals surface area contributed by atoms with Crippen LogP contribution in [0.25, 0.3) is 0 Å². The Bertz CT molecular complexity index is 602. The van der Waals surface area contributed by atoms with Crippen LogP contribution < -0.4 is 5.32 Å². The van der Waals surface area contributed by atoms with Crippen LogP contribution in [0.5, 0.6) is 0 Å². The number of nitrogens with one attached hydrogen (secondary N) is 1. The Kier molecular flexibility index (Phi) is 10.5. The van der Waals surface area contributed by atoms with Crippen molar-refractivity contribution in [1.29, 1.82) is 0 Å². The Morgan fingerprint density at radius 1 is 1.29 bits per heavy atom. The van der Waals surface area contributed by atoms with Gasteiger partial charge in [-0.15, -0.1) is 34.2 Å². The predicted octanol–water partition coefficient (Wildman–Crippen LogP) is 2.88. The zero-order valence-corrected chi connectivity index (χ0v) is 19.9. The predicted molar refractivity (Wildman–Crippen MR) is 123 cm³/mol. The highest BCUT2D eigenvalue weighted by atomic mass is 127. The molecule has 1 saturated carbocycles. The van der Waals surface area contributed by atoms with Gasteiger partial charge in [0.2, 0.25) is 0 Å². The SMILES string of the molecule is CCNC(=NCCCc1nnc2n1CCCCC2)N(C)CCOCC1CC1.I. The van der Waals surface area contributed by atoms with Crippen molar-refractivity contribution in [1.82, 2.24) is 25.0 Å². The average molecular weight is 504 g/mol. The Morgan fingerprint density at radius 3 is 2.93 bits per heavy atom. The summed E-state index contributed by atoms with van der Waals surface area (Å²) in [7, 11) is 2.08. The van der Waals surface area contributed by atoms with E-state index in [9.17, 15) is 0 Å². The lowest BCUT2D eigenvalue weighted by atomic mass is 10.2. The second-order valence-corrected chi connectivity index (χ2v) is 7.77. The summed E-state index contributed by atoms with van der Waals surface area (Å²) in [5.74, 6) is 4.09. The minimum Gasteiger partial charge on any atom is -0.379 e. The molecule has 0 bridgehead atoms. The van der Waals surface area contributed by atoms with Gasteiger partial charge in [-0.25, -0.2) is 0 Å². The van der Waals surface area contributed by atoms with Crippen molar-refractivity contribution in [2.45, 2.75) is 64.8 Å². The Hall–Kier alpha value is -0.900. The van der Waals surface area contributed by atoms with Crippen LogP contribution >= 0.6 is 24.0 Å². The van der Waals surface area contributed by atoms with E-state index in [1.165, 1.54) is 37.9 Å². The van der Waals surface area contributed by atoms with Gasteiger partial charge in [0, 0.05) is 52.7 Å². The third-order valence-electron chi connectivity index (χ3n) is 5.32. The molecule has 1 fully saturated rings. The quantitative estimate of drug-likeness (QED) is 0.230. The second-order valence-electron chi connectivity index (χ2n) is 7.77. The molecule has 0 unspecified atom stereocenters. The molecule has 160 valence electrons. The molecule has 0 radical (unpaired) electrons. The van der Waals surface area contributed by atoms with Gasteiger partial charge in [0.05, 0.1) is 6.61 Å². The van der Waals surface area contributed by atoms with Gasteiger partial charge >= 0.3 is 0 Å². The smallest absolute Gasteiger partial charge is 0.193 e. The molecular formula is C20H37IN6O. The van der Waals surface area contributed by atoms with Crippen molar-refractivity contribution in [2.75, 3.05) is 39.9 Å². The summed E-state index contributed by atoms with van der Waals surface area (Å²) in [6.45, 7) is 7.43. The third-order valence-corrected chi connectivity index (χ3v) is 5.32. The van der Waals surface area contributed by atoms with Crippen LogP contribution in [0.2, 0.25) is 0 Å². The lowest BCUT2D eigenvalue weighted by Crippen LogP contribution is -2.40. The van der Waals surface area contributed by atoms with Crippen molar-refractivity contribution >= 4 is 29.9 Å². The van der Waals surface area contributed by atoms with E-state index in [1.54, 1.807) is 0 Å². The molecule has 1 aromatic heterocycles. The van der Waals surface area contributed by atoms with E-state index in [1.807, 2.05) is 0 Å². The summed E-state index contributed by atoms with van der Waals surface area (Å²) < 4.78 is 8.09. The fourth-order valence-corrected chi connectivity index (χ4v) is 3.46. The van der Waals surface area contributed by atoms with Gasteiger partial charge in [-0.1, -0.05) is 6.42 Å². The van der Waals surface area contributed by atoms with Crippen LogP contribution in [0.15, 0.2) is 4.99 Å². The number of guanidine groups is 1. The van der Waals surface area contributed by atoms with Gasteiger partial charge < -0.3 is 19.5 Å². The minimum absolute atomic E-state index is 0. The van der Waals surface area contributed by atoms with Crippen molar-refractivity contribution in [2.24, 2.45) is 10.9 Å². The Balaban J connectivity index is 0.00000280. The van der Waals surface area contributed by atoms with Crippen LogP contribution in [-0.4, -0.2) is 65.5 Å². The van der Waals surface area contributed by atoms with Crippen molar-refractivity contribution in [3.05, 3.63) is 11.6 Å². The van der Waals surface area contributed by atoms with Gasteiger partial charge in [0.25, 0.3) is 0 Å². The van der Waals surface area contributed by atoms with Gasteiger partial charge in [-0.05, 0) is 44.9 Å². The van der Waals surface area contributed by atoms with E-state index in [4.69, 9.17) is 9.73 Å².